The smallest absolute Gasteiger partial charge is 0.265 e. The first-order valence-electron chi connectivity index (χ1n) is 21.2. The standard InChI is InChI=1S/C45H61N3O12S4/c1-43(2,3)42(49)15-10-24-46(8)64(55,56)35-19-21-39-37(31-35)45(6,7)41(47(39)25-11-27-61-59-57-50)23-17-33-14-9-13-32(29-33)16-22-40-44(4,5)36-30-34(62-60-58-51)18-20-38(36)48(40)26-12-28-63(52,53)54/h16-23,29-31H,9-15,24-28H2,1-8H3,(H2-,50,51,52,53,54)/p+1. The Kier molecular flexibility index (Phi) is 17.5. The molecule has 3 aliphatic rings. The molecule has 2 aromatic rings. The van der Waals surface area contributed by atoms with Gasteiger partial charge in [-0.1, -0.05) is 62.9 Å². The second-order valence-electron chi connectivity index (χ2n) is 18.3. The Hall–Kier alpha value is -3.18. The van der Waals surface area contributed by atoms with Gasteiger partial charge < -0.3 is 4.90 Å². The Morgan fingerprint density at radius 1 is 0.922 bits per heavy atom. The maximum absolute atomic E-state index is 13.9. The Balaban J connectivity index is 1.45. The number of hydrogen-bond donors (Lipinski definition) is 3. The second kappa shape index (κ2) is 21.6. The monoisotopic (exact) mass is 964 g/mol. The zero-order valence-electron chi connectivity index (χ0n) is 37.8. The third-order valence-electron chi connectivity index (χ3n) is 12.0. The van der Waals surface area contributed by atoms with Crippen molar-refractivity contribution in [1.29, 1.82) is 0 Å². The van der Waals surface area contributed by atoms with Gasteiger partial charge in [-0.3, -0.25) is 9.35 Å². The average Bonchev–Trinajstić information content (AvgIpc) is 3.57. The van der Waals surface area contributed by atoms with Crippen molar-refractivity contribution in [1.82, 2.24) is 4.31 Å². The van der Waals surface area contributed by atoms with Crippen LogP contribution in [0.1, 0.15) is 105 Å². The van der Waals surface area contributed by atoms with Crippen LogP contribution in [0.15, 0.2) is 93.4 Å². The van der Waals surface area contributed by atoms with Crippen molar-refractivity contribution in [3.8, 4) is 0 Å². The van der Waals surface area contributed by atoms with Gasteiger partial charge in [0.15, 0.2) is 5.71 Å². The van der Waals surface area contributed by atoms with E-state index in [-0.39, 0.29) is 29.4 Å². The molecule has 0 atom stereocenters. The molecule has 0 radical (unpaired) electrons. The number of carbonyl (C=O) groups is 1. The largest absolute Gasteiger partial charge is 0.344 e. The SMILES string of the molecule is CN(CCCC(=O)C(C)(C)C)S(=O)(=O)c1ccc2c(c1)C(C)(C)/C(=C\C=C1C=C(/C=C/C3=[N+](CCCS(=O)(=O)O)c4ccc(SOOO)cc4C3(C)C)CCC\1)N2CCCSOOO. The van der Waals surface area contributed by atoms with Crippen molar-refractivity contribution in [3.63, 3.8) is 0 Å². The molecule has 352 valence electrons. The van der Waals surface area contributed by atoms with Gasteiger partial charge in [-0.15, -0.1) is 8.67 Å². The van der Waals surface area contributed by atoms with E-state index in [0.717, 1.165) is 88.4 Å². The maximum Gasteiger partial charge on any atom is 0.265 e. The van der Waals surface area contributed by atoms with E-state index in [0.29, 0.717) is 43.0 Å². The Labute approximate surface area is 386 Å². The Morgan fingerprint density at radius 2 is 1.66 bits per heavy atom. The first-order valence-corrected chi connectivity index (χ1v) is 25.9. The summed E-state index contributed by atoms with van der Waals surface area (Å²) < 4.78 is 73.2. The number of allylic oxidation sites excluding steroid dienone is 8. The van der Waals surface area contributed by atoms with Crippen LogP contribution in [0.3, 0.4) is 0 Å². The lowest BCUT2D eigenvalue weighted by molar-refractivity contribution is -0.437. The molecular weight excluding hydrogens is 903 g/mol. The molecule has 2 aromatic carbocycles. The summed E-state index contributed by atoms with van der Waals surface area (Å²) in [4.78, 5) is 15.6. The van der Waals surface area contributed by atoms with E-state index in [1.54, 1.807) is 19.2 Å². The highest BCUT2D eigenvalue weighted by atomic mass is 32.2. The van der Waals surface area contributed by atoms with Gasteiger partial charge in [0.2, 0.25) is 15.7 Å². The fraction of sp³-hybridized carbons (Fsp3) is 0.511. The third kappa shape index (κ3) is 12.6. The Bertz CT molecular complexity index is 2420. The van der Waals surface area contributed by atoms with E-state index in [1.165, 1.54) is 4.31 Å². The molecule has 0 aromatic heterocycles. The lowest BCUT2D eigenvalue weighted by atomic mass is 9.81. The second-order valence-corrected chi connectivity index (χ2v) is 23.5. The lowest BCUT2D eigenvalue weighted by Gasteiger charge is -2.27. The van der Waals surface area contributed by atoms with Crippen LogP contribution >= 0.6 is 24.1 Å². The van der Waals surface area contributed by atoms with E-state index in [1.807, 2.05) is 45.0 Å². The van der Waals surface area contributed by atoms with E-state index < -0.39 is 36.4 Å². The van der Waals surface area contributed by atoms with E-state index in [9.17, 15) is 26.2 Å². The molecular formula is C45H62N3O12S4+. The van der Waals surface area contributed by atoms with Crippen LogP contribution in [0.25, 0.3) is 0 Å². The maximum atomic E-state index is 13.9. The van der Waals surface area contributed by atoms with Crippen molar-refractivity contribution >= 4 is 67.1 Å². The Morgan fingerprint density at radius 3 is 2.34 bits per heavy atom. The number of sulfonamides is 1. The molecule has 0 amide bonds. The fourth-order valence-electron chi connectivity index (χ4n) is 8.45. The predicted octanol–water partition coefficient (Wildman–Crippen LogP) is 9.52. The summed E-state index contributed by atoms with van der Waals surface area (Å²) in [5.74, 6) is 0.251. The molecule has 0 unspecified atom stereocenters. The molecule has 15 nitrogen and oxygen atoms in total. The molecule has 2 heterocycles. The molecule has 0 fully saturated rings. The van der Waals surface area contributed by atoms with Crippen LogP contribution in [-0.4, -0.2) is 90.5 Å². The topological polar surface area (TPSA) is 192 Å². The number of anilines is 1. The normalized spacial score (nSPS) is 18.8. The average molecular weight is 965 g/mol. The number of nitrogens with zero attached hydrogens (tertiary/aromatic N) is 3. The summed E-state index contributed by atoms with van der Waals surface area (Å²) in [6, 6.07) is 11.0. The minimum Gasteiger partial charge on any atom is -0.344 e. The van der Waals surface area contributed by atoms with Crippen molar-refractivity contribution in [3.05, 3.63) is 94.7 Å². The number of fused-ring (bicyclic) bond motifs is 2. The first-order chi connectivity index (χ1) is 30.0. The minimum atomic E-state index is -4.15. The van der Waals surface area contributed by atoms with Crippen molar-refractivity contribution in [2.45, 2.75) is 114 Å². The molecule has 0 bridgehead atoms. The van der Waals surface area contributed by atoms with E-state index in [4.69, 9.17) is 10.5 Å². The lowest BCUT2D eigenvalue weighted by Crippen LogP contribution is -2.29. The summed E-state index contributed by atoms with van der Waals surface area (Å²) >= 11 is 1.85. The highest BCUT2D eigenvalue weighted by Crippen LogP contribution is 2.49. The molecule has 2 aliphatic heterocycles. The van der Waals surface area contributed by atoms with Crippen LogP contribution in [0, 0.1) is 5.41 Å². The summed E-state index contributed by atoms with van der Waals surface area (Å²) in [5.41, 5.74) is 6.29. The van der Waals surface area contributed by atoms with Crippen LogP contribution < -0.4 is 4.90 Å². The summed E-state index contributed by atoms with van der Waals surface area (Å²) in [5, 5.41) is 24.9. The summed E-state index contributed by atoms with van der Waals surface area (Å²) in [6.45, 7) is 15.1. The quantitative estimate of drug-likeness (QED) is 0.0252. The number of carbonyl (C=O) groups excluding carboxylic acids is 1. The van der Waals surface area contributed by atoms with Gasteiger partial charge in [0.05, 0.1) is 28.1 Å². The molecule has 1 aliphatic carbocycles. The van der Waals surface area contributed by atoms with Crippen LogP contribution in [0.2, 0.25) is 0 Å². The minimum absolute atomic E-state index is 0.0915. The third-order valence-corrected chi connectivity index (χ3v) is 15.8. The van der Waals surface area contributed by atoms with Gasteiger partial charge in [-0.25, -0.2) is 23.2 Å². The molecule has 19 heteroatoms. The van der Waals surface area contributed by atoms with E-state index >= 15 is 0 Å². The molecule has 0 saturated carbocycles. The van der Waals surface area contributed by atoms with Gasteiger partial charge >= 0.3 is 0 Å². The van der Waals surface area contributed by atoms with Gasteiger partial charge in [0.25, 0.3) is 10.1 Å². The number of Topliss-reactive ketones (excluding diaryl/α,β-unsaturated/α-hetero) is 1. The highest BCUT2D eigenvalue weighted by Gasteiger charge is 2.45. The van der Waals surface area contributed by atoms with Gasteiger partial charge in [-0.05, 0) is 99.1 Å². The molecule has 64 heavy (non-hydrogen) atoms. The number of benzene rings is 2. The number of hydrogen-bond acceptors (Lipinski definition) is 14. The van der Waals surface area contributed by atoms with Crippen molar-refractivity contribution in [2.75, 3.05) is 43.1 Å². The summed E-state index contributed by atoms with van der Waals surface area (Å²) in [7, 11) is -6.45. The summed E-state index contributed by atoms with van der Waals surface area (Å²) in [6.07, 6.45) is 14.9. The molecule has 0 spiro atoms. The number of rotatable bonds is 22. The van der Waals surface area contributed by atoms with Crippen LogP contribution in [0.5, 0.6) is 0 Å². The molecule has 3 N–H and O–H groups in total. The van der Waals surface area contributed by atoms with Crippen LogP contribution in [0.4, 0.5) is 11.4 Å². The zero-order valence-corrected chi connectivity index (χ0v) is 41.1. The van der Waals surface area contributed by atoms with Crippen LogP contribution in [-0.2, 0) is 54.5 Å². The number of ketones is 1. The van der Waals surface area contributed by atoms with Gasteiger partial charge in [0.1, 0.15) is 12.3 Å². The molecule has 0 saturated heterocycles. The fourth-order valence-corrected chi connectivity index (χ4v) is 10.9. The predicted molar refractivity (Wildman–Crippen MR) is 250 cm³/mol. The first kappa shape index (κ1) is 51.8. The highest BCUT2D eigenvalue weighted by molar-refractivity contribution is 7.94. The van der Waals surface area contributed by atoms with Crippen molar-refractivity contribution in [2.24, 2.45) is 5.41 Å². The van der Waals surface area contributed by atoms with Gasteiger partial charge in [-0.2, -0.15) is 13.0 Å². The van der Waals surface area contributed by atoms with Crippen molar-refractivity contribution < 1.29 is 60.0 Å². The zero-order chi connectivity index (χ0) is 47.1. The van der Waals surface area contributed by atoms with Gasteiger partial charge in [0, 0.05) is 95.6 Å². The molecule has 5 rings (SSSR count). The van der Waals surface area contributed by atoms with E-state index in [2.05, 4.69) is 86.3 Å².